The Balaban J connectivity index is 2.85. The minimum absolute atomic E-state index is 0.0569. The summed E-state index contributed by atoms with van der Waals surface area (Å²) in [6, 6.07) is 0. The Kier molecular flexibility index (Phi) is 4.04. The number of hydrogen-bond donors (Lipinski definition) is 1. The zero-order chi connectivity index (χ0) is 13.5. The molecule has 1 aliphatic rings. The minimum atomic E-state index is -0.0569. The van der Waals surface area contributed by atoms with Gasteiger partial charge >= 0.3 is 0 Å². The van der Waals surface area contributed by atoms with Crippen molar-refractivity contribution >= 4 is 0 Å². The molecule has 0 heterocycles. The van der Waals surface area contributed by atoms with Crippen molar-refractivity contribution in [2.75, 3.05) is 0 Å². The van der Waals surface area contributed by atoms with E-state index >= 15 is 0 Å². The van der Waals surface area contributed by atoms with Gasteiger partial charge in [0.2, 0.25) is 0 Å². The van der Waals surface area contributed by atoms with Gasteiger partial charge < -0.3 is 5.73 Å². The highest BCUT2D eigenvalue weighted by atomic mass is 14.7. The van der Waals surface area contributed by atoms with E-state index in [2.05, 4.69) is 48.5 Å². The molecule has 1 rings (SSSR count). The summed E-state index contributed by atoms with van der Waals surface area (Å²) >= 11 is 0. The molecular formula is C16H33N. The van der Waals surface area contributed by atoms with Gasteiger partial charge in [-0.25, -0.2) is 0 Å². The van der Waals surface area contributed by atoms with Crippen LogP contribution >= 0.6 is 0 Å². The monoisotopic (exact) mass is 239 g/mol. The van der Waals surface area contributed by atoms with E-state index in [1.807, 2.05) is 0 Å². The maximum absolute atomic E-state index is 6.28. The average Bonchev–Trinajstić information content (AvgIpc) is 2.93. The van der Waals surface area contributed by atoms with E-state index in [1.54, 1.807) is 0 Å². The van der Waals surface area contributed by atoms with Gasteiger partial charge in [0.25, 0.3) is 0 Å². The molecule has 0 aromatic rings. The van der Waals surface area contributed by atoms with Gasteiger partial charge in [-0.2, -0.15) is 0 Å². The van der Waals surface area contributed by atoms with Crippen molar-refractivity contribution in [2.45, 2.75) is 79.7 Å². The number of hydrogen-bond acceptors (Lipinski definition) is 1. The Labute approximate surface area is 109 Å². The van der Waals surface area contributed by atoms with E-state index in [-0.39, 0.29) is 5.54 Å². The number of rotatable bonds is 6. The fourth-order valence-corrected chi connectivity index (χ4v) is 3.84. The van der Waals surface area contributed by atoms with E-state index in [4.69, 9.17) is 5.73 Å². The van der Waals surface area contributed by atoms with Gasteiger partial charge in [-0.3, -0.25) is 0 Å². The Morgan fingerprint density at radius 1 is 1.06 bits per heavy atom. The van der Waals surface area contributed by atoms with Gasteiger partial charge in [0.1, 0.15) is 0 Å². The summed E-state index contributed by atoms with van der Waals surface area (Å²) in [5, 5.41) is 0. The van der Waals surface area contributed by atoms with Crippen LogP contribution in [-0.4, -0.2) is 5.54 Å². The molecule has 1 nitrogen and oxygen atoms in total. The predicted molar refractivity (Wildman–Crippen MR) is 77.0 cm³/mol. The third kappa shape index (κ3) is 3.05. The zero-order valence-corrected chi connectivity index (χ0v) is 13.1. The maximum atomic E-state index is 6.28. The van der Waals surface area contributed by atoms with Crippen LogP contribution in [-0.2, 0) is 0 Å². The molecule has 1 heteroatoms. The lowest BCUT2D eigenvalue weighted by atomic mass is 9.58. The van der Waals surface area contributed by atoms with Crippen molar-refractivity contribution in [3.05, 3.63) is 0 Å². The molecule has 17 heavy (non-hydrogen) atoms. The van der Waals surface area contributed by atoms with Crippen molar-refractivity contribution < 1.29 is 0 Å². The summed E-state index contributed by atoms with van der Waals surface area (Å²) in [4.78, 5) is 0. The van der Waals surface area contributed by atoms with Crippen LogP contribution in [0.3, 0.4) is 0 Å². The first-order valence-corrected chi connectivity index (χ1v) is 7.36. The second-order valence-corrected chi connectivity index (χ2v) is 7.81. The Bertz CT molecular complexity index is 261. The van der Waals surface area contributed by atoms with Gasteiger partial charge in [0.15, 0.2) is 0 Å². The van der Waals surface area contributed by atoms with Crippen molar-refractivity contribution in [3.8, 4) is 0 Å². The Morgan fingerprint density at radius 3 is 1.88 bits per heavy atom. The lowest BCUT2D eigenvalue weighted by molar-refractivity contribution is 0.0260. The van der Waals surface area contributed by atoms with Crippen molar-refractivity contribution in [2.24, 2.45) is 28.4 Å². The van der Waals surface area contributed by atoms with Crippen LogP contribution in [0.25, 0.3) is 0 Å². The first-order chi connectivity index (χ1) is 7.57. The van der Waals surface area contributed by atoms with E-state index in [9.17, 15) is 0 Å². The maximum Gasteiger partial charge on any atom is 0.0102 e. The third-order valence-corrected chi connectivity index (χ3v) is 5.56. The van der Waals surface area contributed by atoms with Gasteiger partial charge in [0.05, 0.1) is 0 Å². The van der Waals surface area contributed by atoms with Crippen LogP contribution in [0.4, 0.5) is 0 Å². The van der Waals surface area contributed by atoms with Crippen molar-refractivity contribution in [1.29, 1.82) is 0 Å². The molecule has 1 fully saturated rings. The number of nitrogens with two attached hydrogens (primary N) is 1. The molecule has 0 aromatic heterocycles. The van der Waals surface area contributed by atoms with Crippen LogP contribution in [0.2, 0.25) is 0 Å². The van der Waals surface area contributed by atoms with E-state index < -0.39 is 0 Å². The highest BCUT2D eigenvalue weighted by Gasteiger charge is 2.54. The first kappa shape index (κ1) is 15.0. The smallest absolute Gasteiger partial charge is 0.0102 e. The SMILES string of the molecule is CCC1CC1C(C)(C)C(C)(CC)CC(C)(C)N. The third-order valence-electron chi connectivity index (χ3n) is 5.56. The van der Waals surface area contributed by atoms with Crippen LogP contribution < -0.4 is 5.73 Å². The molecular weight excluding hydrogens is 206 g/mol. The van der Waals surface area contributed by atoms with Crippen LogP contribution in [0.1, 0.15) is 74.1 Å². The lowest BCUT2D eigenvalue weighted by Gasteiger charge is -2.48. The zero-order valence-electron chi connectivity index (χ0n) is 13.1. The molecule has 1 aliphatic carbocycles. The second kappa shape index (κ2) is 4.57. The van der Waals surface area contributed by atoms with Gasteiger partial charge in [-0.15, -0.1) is 0 Å². The average molecular weight is 239 g/mol. The minimum Gasteiger partial charge on any atom is -0.326 e. The molecule has 3 atom stereocenters. The van der Waals surface area contributed by atoms with Crippen LogP contribution in [0.5, 0.6) is 0 Å². The molecule has 0 radical (unpaired) electrons. The first-order valence-electron chi connectivity index (χ1n) is 7.36. The standard InChI is InChI=1S/C16H33N/c1-8-12-10-13(12)15(5,6)16(7,9-2)11-14(3,4)17/h12-13H,8-11,17H2,1-7H3. The molecule has 102 valence electrons. The Hall–Kier alpha value is -0.0400. The fourth-order valence-electron chi connectivity index (χ4n) is 3.84. The van der Waals surface area contributed by atoms with Gasteiger partial charge in [-0.1, -0.05) is 47.5 Å². The summed E-state index contributed by atoms with van der Waals surface area (Å²) in [6.45, 7) is 16.4. The highest BCUT2D eigenvalue weighted by molar-refractivity contribution is 5.04. The summed E-state index contributed by atoms with van der Waals surface area (Å²) < 4.78 is 0. The highest BCUT2D eigenvalue weighted by Crippen LogP contribution is 2.62. The van der Waals surface area contributed by atoms with E-state index in [1.165, 1.54) is 19.3 Å². The van der Waals surface area contributed by atoms with E-state index in [0.717, 1.165) is 18.3 Å². The predicted octanol–water partition coefficient (Wildman–Crippen LogP) is 4.60. The second-order valence-electron chi connectivity index (χ2n) is 7.81. The molecule has 0 amide bonds. The lowest BCUT2D eigenvalue weighted by Crippen LogP contribution is -2.46. The van der Waals surface area contributed by atoms with E-state index in [0.29, 0.717) is 10.8 Å². The molecule has 0 spiro atoms. The molecule has 3 unspecified atom stereocenters. The molecule has 1 saturated carbocycles. The molecule has 2 N–H and O–H groups in total. The van der Waals surface area contributed by atoms with Crippen molar-refractivity contribution in [3.63, 3.8) is 0 Å². The van der Waals surface area contributed by atoms with Crippen molar-refractivity contribution in [1.82, 2.24) is 0 Å². The fraction of sp³-hybridized carbons (Fsp3) is 1.00. The van der Waals surface area contributed by atoms with Gasteiger partial charge in [0, 0.05) is 5.54 Å². The molecule has 0 aliphatic heterocycles. The summed E-state index contributed by atoms with van der Waals surface area (Å²) in [5.41, 5.74) is 7.00. The van der Waals surface area contributed by atoms with Gasteiger partial charge in [-0.05, 0) is 49.4 Å². The summed E-state index contributed by atoms with van der Waals surface area (Å²) in [6.07, 6.45) is 5.13. The van der Waals surface area contributed by atoms with Crippen LogP contribution in [0, 0.1) is 22.7 Å². The molecule has 0 aromatic carbocycles. The topological polar surface area (TPSA) is 26.0 Å². The summed E-state index contributed by atoms with van der Waals surface area (Å²) in [7, 11) is 0. The normalized spacial score (nSPS) is 28.9. The Morgan fingerprint density at radius 2 is 1.59 bits per heavy atom. The quantitative estimate of drug-likeness (QED) is 0.720. The van der Waals surface area contributed by atoms with Crippen LogP contribution in [0.15, 0.2) is 0 Å². The molecule has 0 saturated heterocycles. The summed E-state index contributed by atoms with van der Waals surface area (Å²) in [5.74, 6) is 1.89. The molecule has 0 bridgehead atoms. The largest absolute Gasteiger partial charge is 0.326 e.